The van der Waals surface area contributed by atoms with Gasteiger partial charge in [-0.2, -0.15) is 4.98 Å². The van der Waals surface area contributed by atoms with Crippen LogP contribution in [0.2, 0.25) is 0 Å². The van der Waals surface area contributed by atoms with Gasteiger partial charge in [0.25, 0.3) is 5.89 Å². The van der Waals surface area contributed by atoms with E-state index in [1.165, 1.54) is 0 Å². The lowest BCUT2D eigenvalue weighted by Crippen LogP contribution is -2.37. The third-order valence-corrected chi connectivity index (χ3v) is 4.75. The van der Waals surface area contributed by atoms with Crippen molar-refractivity contribution in [1.29, 1.82) is 0 Å². The molecule has 0 aromatic carbocycles. The molecular weight excluding hydrogens is 340 g/mol. The van der Waals surface area contributed by atoms with Crippen LogP contribution in [0.25, 0.3) is 11.6 Å². The van der Waals surface area contributed by atoms with Gasteiger partial charge in [0.05, 0.1) is 30.3 Å². The fourth-order valence-corrected chi connectivity index (χ4v) is 3.25. The maximum Gasteiger partial charge on any atom is 0.277 e. The van der Waals surface area contributed by atoms with Crippen molar-refractivity contribution in [3.63, 3.8) is 0 Å². The Bertz CT molecular complexity index is 871. The van der Waals surface area contributed by atoms with Gasteiger partial charge in [-0.05, 0) is 19.4 Å². The minimum atomic E-state index is 0.413. The Kier molecular flexibility index (Phi) is 4.41. The van der Waals surface area contributed by atoms with Crippen molar-refractivity contribution in [3.8, 4) is 11.6 Å². The van der Waals surface area contributed by atoms with Gasteiger partial charge in [-0.15, -0.1) is 11.3 Å². The van der Waals surface area contributed by atoms with E-state index in [1.807, 2.05) is 19.2 Å². The Morgan fingerprint density at radius 2 is 2.00 bits per heavy atom. The van der Waals surface area contributed by atoms with Crippen LogP contribution >= 0.6 is 11.3 Å². The highest BCUT2D eigenvalue weighted by molar-refractivity contribution is 7.09. The van der Waals surface area contributed by atoms with Gasteiger partial charge in [-0.25, -0.2) is 15.0 Å². The normalized spacial score (nSPS) is 14.9. The van der Waals surface area contributed by atoms with Gasteiger partial charge in [0.1, 0.15) is 5.69 Å². The van der Waals surface area contributed by atoms with E-state index in [0.29, 0.717) is 43.0 Å². The number of ether oxygens (including phenoxy) is 1. The Morgan fingerprint density at radius 3 is 2.76 bits per heavy atom. The lowest BCUT2D eigenvalue weighted by Gasteiger charge is -2.26. The molecule has 0 bridgehead atoms. The summed E-state index contributed by atoms with van der Waals surface area (Å²) in [6, 6.07) is 0. The summed E-state index contributed by atoms with van der Waals surface area (Å²) in [5.41, 5.74) is 2.52. The molecule has 0 unspecified atom stereocenters. The lowest BCUT2D eigenvalue weighted by atomic mass is 10.2. The van der Waals surface area contributed by atoms with Crippen LogP contribution in [0.5, 0.6) is 0 Å². The number of morpholine rings is 1. The Labute approximate surface area is 148 Å². The Hall–Kier alpha value is -2.39. The summed E-state index contributed by atoms with van der Waals surface area (Å²) in [5, 5.41) is 7.10. The Morgan fingerprint density at radius 1 is 1.16 bits per heavy atom. The van der Waals surface area contributed by atoms with E-state index < -0.39 is 0 Å². The average Bonchev–Trinajstić information content (AvgIpc) is 3.25. The molecule has 0 radical (unpaired) electrons. The molecule has 0 atom stereocenters. The summed E-state index contributed by atoms with van der Waals surface area (Å²) in [5.74, 6) is 1.68. The van der Waals surface area contributed by atoms with Gasteiger partial charge in [-0.1, -0.05) is 5.16 Å². The fourth-order valence-electron chi connectivity index (χ4n) is 2.64. The summed E-state index contributed by atoms with van der Waals surface area (Å²) >= 11 is 1.61. The van der Waals surface area contributed by atoms with Gasteiger partial charge in [0.2, 0.25) is 5.95 Å². The molecule has 1 aliphatic rings. The molecule has 1 fully saturated rings. The molecule has 3 aromatic heterocycles. The molecule has 0 N–H and O–H groups in total. The van der Waals surface area contributed by atoms with Gasteiger partial charge in [0, 0.05) is 24.7 Å². The largest absolute Gasteiger partial charge is 0.378 e. The topological polar surface area (TPSA) is 90.1 Å². The Balaban J connectivity index is 1.58. The summed E-state index contributed by atoms with van der Waals surface area (Å²) < 4.78 is 10.8. The highest BCUT2D eigenvalue weighted by Crippen LogP contribution is 2.22. The van der Waals surface area contributed by atoms with E-state index in [2.05, 4.69) is 30.0 Å². The number of thiazole rings is 1. The molecule has 0 amide bonds. The maximum absolute atomic E-state index is 5.43. The van der Waals surface area contributed by atoms with Crippen LogP contribution in [0.3, 0.4) is 0 Å². The first-order valence-electron chi connectivity index (χ1n) is 8.09. The average molecular weight is 358 g/mol. The SMILES string of the molecule is Cc1nc(Cc2noc(-c3nc(N4CCOCC4)ncc3C)n2)cs1. The zero-order valence-corrected chi connectivity index (χ0v) is 14.9. The van der Waals surface area contributed by atoms with Crippen molar-refractivity contribution >= 4 is 17.3 Å². The van der Waals surface area contributed by atoms with E-state index in [9.17, 15) is 0 Å². The summed E-state index contributed by atoms with van der Waals surface area (Å²) in [7, 11) is 0. The third kappa shape index (κ3) is 3.52. The summed E-state index contributed by atoms with van der Waals surface area (Å²) in [6.07, 6.45) is 2.34. The van der Waals surface area contributed by atoms with Crippen LogP contribution in [0.15, 0.2) is 16.1 Å². The number of aromatic nitrogens is 5. The van der Waals surface area contributed by atoms with Crippen molar-refractivity contribution in [1.82, 2.24) is 25.1 Å². The van der Waals surface area contributed by atoms with Gasteiger partial charge < -0.3 is 14.2 Å². The second-order valence-corrected chi connectivity index (χ2v) is 6.91. The van der Waals surface area contributed by atoms with Gasteiger partial charge >= 0.3 is 0 Å². The predicted octanol–water partition coefficient (Wildman–Crippen LogP) is 2.03. The second kappa shape index (κ2) is 6.85. The fraction of sp³-hybridized carbons (Fsp3) is 0.438. The summed E-state index contributed by atoms with van der Waals surface area (Å²) in [4.78, 5) is 20.1. The standard InChI is InChI=1S/C16H18N6O2S/c1-10-8-17-16(22-3-5-23-6-4-22)20-14(10)15-19-13(21-24-15)7-12-9-25-11(2)18-12/h8-9H,3-7H2,1-2H3. The minimum absolute atomic E-state index is 0.413. The molecule has 4 heterocycles. The van der Waals surface area contributed by atoms with E-state index in [1.54, 1.807) is 17.5 Å². The zero-order chi connectivity index (χ0) is 17.2. The molecule has 9 heteroatoms. The molecule has 1 aliphatic heterocycles. The predicted molar refractivity (Wildman–Crippen MR) is 92.8 cm³/mol. The molecule has 25 heavy (non-hydrogen) atoms. The molecule has 130 valence electrons. The summed E-state index contributed by atoms with van der Waals surface area (Å²) in [6.45, 7) is 6.84. The highest BCUT2D eigenvalue weighted by atomic mass is 32.1. The number of anilines is 1. The van der Waals surface area contributed by atoms with Crippen LogP contribution in [0.4, 0.5) is 5.95 Å². The van der Waals surface area contributed by atoms with E-state index >= 15 is 0 Å². The quantitative estimate of drug-likeness (QED) is 0.700. The van der Waals surface area contributed by atoms with Crippen LogP contribution in [-0.4, -0.2) is 51.4 Å². The van der Waals surface area contributed by atoms with E-state index in [0.717, 1.165) is 29.4 Å². The molecule has 4 rings (SSSR count). The number of nitrogens with zero attached hydrogens (tertiary/aromatic N) is 6. The van der Waals surface area contributed by atoms with Crippen LogP contribution in [-0.2, 0) is 11.2 Å². The first-order valence-corrected chi connectivity index (χ1v) is 8.97. The molecule has 8 nitrogen and oxygen atoms in total. The molecule has 0 spiro atoms. The molecular formula is C16H18N6O2S. The molecule has 0 aliphatic carbocycles. The smallest absolute Gasteiger partial charge is 0.277 e. The molecule has 1 saturated heterocycles. The lowest BCUT2D eigenvalue weighted by molar-refractivity contribution is 0.122. The number of hydrogen-bond acceptors (Lipinski definition) is 9. The first kappa shape index (κ1) is 16.1. The van der Waals surface area contributed by atoms with Crippen molar-refractivity contribution in [2.24, 2.45) is 0 Å². The number of aryl methyl sites for hydroxylation is 2. The van der Waals surface area contributed by atoms with Crippen LogP contribution in [0, 0.1) is 13.8 Å². The van der Waals surface area contributed by atoms with Gasteiger partial charge in [0.15, 0.2) is 5.82 Å². The number of hydrogen-bond donors (Lipinski definition) is 0. The van der Waals surface area contributed by atoms with Crippen LogP contribution in [0.1, 0.15) is 22.1 Å². The van der Waals surface area contributed by atoms with Crippen LogP contribution < -0.4 is 4.90 Å². The number of rotatable bonds is 4. The minimum Gasteiger partial charge on any atom is -0.378 e. The zero-order valence-electron chi connectivity index (χ0n) is 14.1. The highest BCUT2D eigenvalue weighted by Gasteiger charge is 2.19. The van der Waals surface area contributed by atoms with Crippen molar-refractivity contribution in [3.05, 3.63) is 33.7 Å². The van der Waals surface area contributed by atoms with Crippen molar-refractivity contribution in [2.45, 2.75) is 20.3 Å². The molecule has 3 aromatic rings. The third-order valence-electron chi connectivity index (χ3n) is 3.93. The van der Waals surface area contributed by atoms with Crippen molar-refractivity contribution in [2.75, 3.05) is 31.2 Å². The van der Waals surface area contributed by atoms with E-state index in [4.69, 9.17) is 9.26 Å². The first-order chi connectivity index (χ1) is 12.2. The van der Waals surface area contributed by atoms with E-state index in [-0.39, 0.29) is 0 Å². The second-order valence-electron chi connectivity index (χ2n) is 5.85. The maximum atomic E-state index is 5.43. The molecule has 0 saturated carbocycles. The van der Waals surface area contributed by atoms with Gasteiger partial charge in [-0.3, -0.25) is 0 Å². The van der Waals surface area contributed by atoms with Crippen molar-refractivity contribution < 1.29 is 9.26 Å². The monoisotopic (exact) mass is 358 g/mol.